The fourth-order valence-corrected chi connectivity index (χ4v) is 1.32. The van der Waals surface area contributed by atoms with Crippen LogP contribution in [0.15, 0.2) is 12.7 Å². The van der Waals surface area contributed by atoms with Gasteiger partial charge in [0.05, 0.1) is 6.04 Å². The molecule has 0 N–H and O–H groups in total. The molecule has 3 nitrogen and oxygen atoms in total. The first-order chi connectivity index (χ1) is 5.29. The summed E-state index contributed by atoms with van der Waals surface area (Å²) >= 11 is 0. The van der Waals surface area contributed by atoms with Crippen LogP contribution in [0.3, 0.4) is 0 Å². The van der Waals surface area contributed by atoms with Crippen molar-refractivity contribution in [2.24, 2.45) is 0 Å². The monoisotopic (exact) mass is 153 g/mol. The number of aldehydes is 1. The first-order valence-corrected chi connectivity index (χ1v) is 3.68. The number of carbonyl (C=O) groups excluding carboxylic acids is 2. The zero-order chi connectivity index (χ0) is 8.27. The third kappa shape index (κ3) is 1.48. The Balaban J connectivity index is 2.62. The molecule has 1 rings (SSSR count). The van der Waals surface area contributed by atoms with Gasteiger partial charge in [-0.15, -0.1) is 0 Å². The van der Waals surface area contributed by atoms with Crippen molar-refractivity contribution in [3.05, 3.63) is 12.7 Å². The number of amides is 1. The van der Waals surface area contributed by atoms with E-state index in [0.717, 1.165) is 19.1 Å². The summed E-state index contributed by atoms with van der Waals surface area (Å²) in [4.78, 5) is 23.0. The third-order valence-electron chi connectivity index (χ3n) is 1.91. The second-order valence-electron chi connectivity index (χ2n) is 2.58. The number of carbonyl (C=O) groups is 2. The lowest BCUT2D eigenvalue weighted by atomic mass is 10.2. The number of hydrogen-bond donors (Lipinski definition) is 0. The highest BCUT2D eigenvalue weighted by Crippen LogP contribution is 2.15. The minimum Gasteiger partial charge on any atom is -0.329 e. The van der Waals surface area contributed by atoms with Crippen molar-refractivity contribution in [2.45, 2.75) is 18.9 Å². The van der Waals surface area contributed by atoms with Gasteiger partial charge >= 0.3 is 0 Å². The molecule has 1 heterocycles. The van der Waals surface area contributed by atoms with Gasteiger partial charge in [-0.1, -0.05) is 6.58 Å². The predicted octanol–water partition coefficient (Wildman–Crippen LogP) is 0.362. The van der Waals surface area contributed by atoms with Gasteiger partial charge in [-0.25, -0.2) is 0 Å². The topological polar surface area (TPSA) is 37.4 Å². The number of nitrogens with zero attached hydrogens (tertiary/aromatic N) is 1. The van der Waals surface area contributed by atoms with Gasteiger partial charge in [0.15, 0.2) is 0 Å². The van der Waals surface area contributed by atoms with Crippen LogP contribution < -0.4 is 0 Å². The van der Waals surface area contributed by atoms with Gasteiger partial charge in [0.1, 0.15) is 6.29 Å². The van der Waals surface area contributed by atoms with E-state index in [1.807, 2.05) is 0 Å². The van der Waals surface area contributed by atoms with Gasteiger partial charge in [-0.3, -0.25) is 4.79 Å². The van der Waals surface area contributed by atoms with Crippen molar-refractivity contribution >= 4 is 12.2 Å². The zero-order valence-electron chi connectivity index (χ0n) is 6.32. The van der Waals surface area contributed by atoms with Crippen LogP contribution in [0.25, 0.3) is 0 Å². The molecule has 1 amide bonds. The summed E-state index contributed by atoms with van der Waals surface area (Å²) < 4.78 is 0. The molecule has 3 heteroatoms. The average molecular weight is 153 g/mol. The summed E-state index contributed by atoms with van der Waals surface area (Å²) in [5.41, 5.74) is 0. The Morgan fingerprint density at radius 2 is 2.36 bits per heavy atom. The number of hydrogen-bond acceptors (Lipinski definition) is 2. The second-order valence-corrected chi connectivity index (χ2v) is 2.58. The lowest BCUT2D eigenvalue weighted by Gasteiger charge is -2.17. The molecule has 1 fully saturated rings. The molecular weight excluding hydrogens is 142 g/mol. The minimum atomic E-state index is -0.208. The molecule has 1 aliphatic rings. The highest BCUT2D eigenvalue weighted by Gasteiger charge is 2.26. The fourth-order valence-electron chi connectivity index (χ4n) is 1.32. The molecule has 1 atom stereocenters. The van der Waals surface area contributed by atoms with Crippen LogP contribution in [0.4, 0.5) is 0 Å². The number of rotatable bonds is 2. The minimum absolute atomic E-state index is 0.139. The van der Waals surface area contributed by atoms with E-state index >= 15 is 0 Å². The lowest BCUT2D eigenvalue weighted by Crippen LogP contribution is -2.34. The molecule has 0 aromatic rings. The van der Waals surface area contributed by atoms with Crippen LogP contribution in [0.1, 0.15) is 12.8 Å². The van der Waals surface area contributed by atoms with Gasteiger partial charge in [0.25, 0.3) is 0 Å². The molecule has 0 aliphatic carbocycles. The SMILES string of the molecule is C=CC(=O)N1CCCC1C=O. The van der Waals surface area contributed by atoms with Crippen LogP contribution in [0.2, 0.25) is 0 Å². The normalized spacial score (nSPS) is 23.3. The fraction of sp³-hybridized carbons (Fsp3) is 0.500. The quantitative estimate of drug-likeness (QED) is 0.424. The Labute approximate surface area is 65.7 Å². The van der Waals surface area contributed by atoms with Crippen LogP contribution in [0, 0.1) is 0 Å². The largest absolute Gasteiger partial charge is 0.329 e. The standard InChI is InChI=1S/C8H11NO2/c1-2-8(11)9-5-3-4-7(9)6-10/h2,6-7H,1,3-5H2. The van der Waals surface area contributed by atoms with E-state index in [0.29, 0.717) is 6.54 Å². The molecule has 1 unspecified atom stereocenters. The second kappa shape index (κ2) is 3.32. The van der Waals surface area contributed by atoms with Gasteiger partial charge in [0.2, 0.25) is 5.91 Å². The van der Waals surface area contributed by atoms with E-state index in [-0.39, 0.29) is 11.9 Å². The summed E-state index contributed by atoms with van der Waals surface area (Å²) in [7, 11) is 0. The maximum absolute atomic E-state index is 11.0. The van der Waals surface area contributed by atoms with Gasteiger partial charge in [-0.05, 0) is 18.9 Å². The Bertz CT molecular complexity index is 189. The highest BCUT2D eigenvalue weighted by atomic mass is 16.2. The van der Waals surface area contributed by atoms with Crippen molar-refractivity contribution in [3.63, 3.8) is 0 Å². The van der Waals surface area contributed by atoms with E-state index in [2.05, 4.69) is 6.58 Å². The molecule has 0 aromatic carbocycles. The van der Waals surface area contributed by atoms with Crippen molar-refractivity contribution in [1.82, 2.24) is 4.90 Å². The van der Waals surface area contributed by atoms with Crippen LogP contribution in [-0.2, 0) is 9.59 Å². The summed E-state index contributed by atoms with van der Waals surface area (Å²) in [5.74, 6) is -0.139. The molecule has 0 radical (unpaired) electrons. The third-order valence-corrected chi connectivity index (χ3v) is 1.91. The van der Waals surface area contributed by atoms with Crippen LogP contribution >= 0.6 is 0 Å². The smallest absolute Gasteiger partial charge is 0.246 e. The molecule has 11 heavy (non-hydrogen) atoms. The molecule has 0 spiro atoms. The maximum Gasteiger partial charge on any atom is 0.246 e. The summed E-state index contributed by atoms with van der Waals surface area (Å²) in [6.45, 7) is 4.06. The van der Waals surface area contributed by atoms with E-state index in [1.165, 1.54) is 6.08 Å². The highest BCUT2D eigenvalue weighted by molar-refractivity contribution is 5.89. The molecule has 0 saturated carbocycles. The van der Waals surface area contributed by atoms with Gasteiger partial charge < -0.3 is 9.69 Å². The Hall–Kier alpha value is -1.12. The first-order valence-electron chi connectivity index (χ1n) is 3.68. The molecule has 1 saturated heterocycles. The van der Waals surface area contributed by atoms with Crippen molar-refractivity contribution in [2.75, 3.05) is 6.54 Å². The Morgan fingerprint density at radius 1 is 1.64 bits per heavy atom. The molecule has 0 aromatic heterocycles. The van der Waals surface area contributed by atoms with Crippen LogP contribution in [-0.4, -0.2) is 29.7 Å². The summed E-state index contributed by atoms with van der Waals surface area (Å²) in [6, 6.07) is -0.208. The van der Waals surface area contributed by atoms with Crippen molar-refractivity contribution in [1.29, 1.82) is 0 Å². The van der Waals surface area contributed by atoms with E-state index in [4.69, 9.17) is 0 Å². The van der Waals surface area contributed by atoms with Crippen molar-refractivity contribution in [3.8, 4) is 0 Å². The summed E-state index contributed by atoms with van der Waals surface area (Å²) in [6.07, 6.45) is 3.79. The van der Waals surface area contributed by atoms with Crippen LogP contribution in [0.5, 0.6) is 0 Å². The molecular formula is C8H11NO2. The Morgan fingerprint density at radius 3 is 2.91 bits per heavy atom. The maximum atomic E-state index is 11.0. The van der Waals surface area contributed by atoms with Gasteiger partial charge in [-0.2, -0.15) is 0 Å². The lowest BCUT2D eigenvalue weighted by molar-refractivity contribution is -0.129. The predicted molar refractivity (Wildman–Crippen MR) is 41.0 cm³/mol. The van der Waals surface area contributed by atoms with E-state index in [9.17, 15) is 9.59 Å². The zero-order valence-corrected chi connectivity index (χ0v) is 6.32. The van der Waals surface area contributed by atoms with E-state index in [1.54, 1.807) is 4.90 Å². The average Bonchev–Trinajstić information content (AvgIpc) is 2.50. The Kier molecular flexibility index (Phi) is 2.41. The molecule has 60 valence electrons. The molecule has 1 aliphatic heterocycles. The first kappa shape index (κ1) is 7.98. The molecule has 0 bridgehead atoms. The van der Waals surface area contributed by atoms with E-state index < -0.39 is 0 Å². The van der Waals surface area contributed by atoms with Gasteiger partial charge in [0, 0.05) is 6.54 Å². The van der Waals surface area contributed by atoms with Crippen molar-refractivity contribution < 1.29 is 9.59 Å². The number of likely N-dealkylation sites (tertiary alicyclic amines) is 1. The summed E-state index contributed by atoms with van der Waals surface area (Å²) in [5, 5.41) is 0.